The lowest BCUT2D eigenvalue weighted by Gasteiger charge is -2.16. The van der Waals surface area contributed by atoms with Crippen molar-refractivity contribution in [2.45, 2.75) is 6.92 Å². The number of halogens is 1. The first-order valence-corrected chi connectivity index (χ1v) is 11.3. The van der Waals surface area contributed by atoms with E-state index >= 15 is 0 Å². The Morgan fingerprint density at radius 1 is 0.824 bits per heavy atom. The van der Waals surface area contributed by atoms with Gasteiger partial charge in [0.15, 0.2) is 0 Å². The standard InChI is InChI=1S/C28H21ClN2O3/c1-2-34-22-16-14-21(15-17-22)31-27(32)25(19-10-12-20(29)13-11-19)26(28(31)33)30-24-9-5-7-18-6-3-4-8-23(18)24/h3-17,30H,2H2,1H3. The highest BCUT2D eigenvalue weighted by Crippen LogP contribution is 2.36. The Labute approximate surface area is 202 Å². The number of rotatable bonds is 6. The van der Waals surface area contributed by atoms with Gasteiger partial charge in [-0.1, -0.05) is 60.1 Å². The molecule has 1 N–H and O–H groups in total. The Kier molecular flexibility index (Phi) is 5.78. The van der Waals surface area contributed by atoms with Crippen molar-refractivity contribution < 1.29 is 14.3 Å². The van der Waals surface area contributed by atoms with E-state index in [0.717, 1.165) is 16.5 Å². The van der Waals surface area contributed by atoms with Crippen LogP contribution in [0.2, 0.25) is 5.02 Å². The first-order chi connectivity index (χ1) is 16.6. The van der Waals surface area contributed by atoms with Crippen molar-refractivity contribution in [3.63, 3.8) is 0 Å². The molecule has 6 heteroatoms. The molecule has 0 fully saturated rings. The number of nitrogens with zero attached hydrogens (tertiary/aromatic N) is 1. The molecular weight excluding hydrogens is 448 g/mol. The zero-order valence-corrected chi connectivity index (χ0v) is 19.2. The van der Waals surface area contributed by atoms with Crippen molar-refractivity contribution >= 4 is 51.1 Å². The number of carbonyl (C=O) groups excluding carboxylic acids is 2. The van der Waals surface area contributed by atoms with Gasteiger partial charge in [-0.2, -0.15) is 0 Å². The van der Waals surface area contributed by atoms with Crippen LogP contribution < -0.4 is 15.0 Å². The van der Waals surface area contributed by atoms with Crippen LogP contribution in [0.3, 0.4) is 0 Å². The summed E-state index contributed by atoms with van der Waals surface area (Å²) >= 11 is 6.07. The van der Waals surface area contributed by atoms with E-state index in [4.69, 9.17) is 16.3 Å². The van der Waals surface area contributed by atoms with E-state index in [1.807, 2.05) is 49.4 Å². The molecule has 4 aromatic carbocycles. The number of carbonyl (C=O) groups is 2. The molecule has 0 radical (unpaired) electrons. The van der Waals surface area contributed by atoms with Crippen LogP contribution in [-0.4, -0.2) is 18.4 Å². The van der Waals surface area contributed by atoms with Gasteiger partial charge in [0.05, 0.1) is 17.9 Å². The van der Waals surface area contributed by atoms with Gasteiger partial charge in [-0.05, 0) is 60.3 Å². The zero-order chi connectivity index (χ0) is 23.7. The molecule has 0 aliphatic carbocycles. The molecule has 0 aromatic heterocycles. The van der Waals surface area contributed by atoms with E-state index in [-0.39, 0.29) is 5.70 Å². The summed E-state index contributed by atoms with van der Waals surface area (Å²) in [6.45, 7) is 2.43. The zero-order valence-electron chi connectivity index (χ0n) is 18.4. The third-order valence-corrected chi connectivity index (χ3v) is 5.92. The second-order valence-electron chi connectivity index (χ2n) is 7.78. The van der Waals surface area contributed by atoms with E-state index in [9.17, 15) is 9.59 Å². The number of benzene rings is 4. The van der Waals surface area contributed by atoms with Gasteiger partial charge < -0.3 is 10.1 Å². The van der Waals surface area contributed by atoms with Crippen LogP contribution in [0, 0.1) is 0 Å². The fourth-order valence-corrected chi connectivity index (χ4v) is 4.22. The van der Waals surface area contributed by atoms with E-state index in [1.54, 1.807) is 48.5 Å². The van der Waals surface area contributed by atoms with Crippen molar-refractivity contribution in [3.05, 3.63) is 107 Å². The molecule has 0 saturated heterocycles. The molecule has 0 spiro atoms. The van der Waals surface area contributed by atoms with E-state index < -0.39 is 11.8 Å². The minimum absolute atomic E-state index is 0.220. The van der Waals surface area contributed by atoms with Crippen LogP contribution in [0.15, 0.2) is 96.7 Å². The maximum atomic E-state index is 13.6. The highest BCUT2D eigenvalue weighted by molar-refractivity contribution is 6.46. The van der Waals surface area contributed by atoms with Gasteiger partial charge in [0, 0.05) is 16.1 Å². The molecule has 1 aliphatic rings. The quantitative estimate of drug-likeness (QED) is 0.338. The van der Waals surface area contributed by atoms with Crippen molar-refractivity contribution in [1.82, 2.24) is 0 Å². The maximum absolute atomic E-state index is 13.6. The molecule has 2 amide bonds. The Morgan fingerprint density at radius 3 is 2.26 bits per heavy atom. The summed E-state index contributed by atoms with van der Waals surface area (Å²) in [6.07, 6.45) is 0. The monoisotopic (exact) mass is 468 g/mol. The van der Waals surface area contributed by atoms with Gasteiger partial charge in [0.25, 0.3) is 11.8 Å². The van der Waals surface area contributed by atoms with E-state index in [1.165, 1.54) is 4.90 Å². The van der Waals surface area contributed by atoms with Crippen LogP contribution in [0.4, 0.5) is 11.4 Å². The van der Waals surface area contributed by atoms with Crippen LogP contribution in [-0.2, 0) is 9.59 Å². The first-order valence-electron chi connectivity index (χ1n) is 10.9. The second-order valence-corrected chi connectivity index (χ2v) is 8.22. The number of anilines is 2. The molecule has 34 heavy (non-hydrogen) atoms. The number of ether oxygens (including phenoxy) is 1. The number of amides is 2. The summed E-state index contributed by atoms with van der Waals surface area (Å²) in [6, 6.07) is 27.5. The van der Waals surface area contributed by atoms with Gasteiger partial charge in [0.1, 0.15) is 11.4 Å². The second kappa shape index (κ2) is 9.04. The van der Waals surface area contributed by atoms with Crippen molar-refractivity contribution in [3.8, 4) is 5.75 Å². The molecule has 168 valence electrons. The lowest BCUT2D eigenvalue weighted by Crippen LogP contribution is -2.32. The van der Waals surface area contributed by atoms with Crippen LogP contribution in [0.1, 0.15) is 12.5 Å². The Bertz CT molecular complexity index is 1420. The summed E-state index contributed by atoms with van der Waals surface area (Å²) < 4.78 is 5.50. The fourth-order valence-electron chi connectivity index (χ4n) is 4.09. The largest absolute Gasteiger partial charge is 0.494 e. The lowest BCUT2D eigenvalue weighted by atomic mass is 10.0. The third-order valence-electron chi connectivity index (χ3n) is 5.67. The van der Waals surface area contributed by atoms with Gasteiger partial charge >= 0.3 is 0 Å². The molecule has 0 bridgehead atoms. The summed E-state index contributed by atoms with van der Waals surface area (Å²) in [5.74, 6) is -0.156. The summed E-state index contributed by atoms with van der Waals surface area (Å²) in [5.41, 5.74) is 2.34. The number of hydrogen-bond donors (Lipinski definition) is 1. The topological polar surface area (TPSA) is 58.6 Å². The summed E-state index contributed by atoms with van der Waals surface area (Å²) in [7, 11) is 0. The van der Waals surface area contributed by atoms with Gasteiger partial charge in [-0.25, -0.2) is 4.90 Å². The number of nitrogens with one attached hydrogen (secondary N) is 1. The Morgan fingerprint density at radius 2 is 1.53 bits per heavy atom. The molecule has 5 rings (SSSR count). The summed E-state index contributed by atoms with van der Waals surface area (Å²) in [4.78, 5) is 28.5. The number of hydrogen-bond acceptors (Lipinski definition) is 4. The molecule has 1 aliphatic heterocycles. The average molecular weight is 469 g/mol. The van der Waals surface area contributed by atoms with Crippen molar-refractivity contribution in [2.24, 2.45) is 0 Å². The first kappa shape index (κ1) is 21.7. The predicted molar refractivity (Wildman–Crippen MR) is 136 cm³/mol. The molecule has 4 aromatic rings. The van der Waals surface area contributed by atoms with E-state index in [2.05, 4.69) is 5.32 Å². The molecule has 0 unspecified atom stereocenters. The maximum Gasteiger partial charge on any atom is 0.282 e. The lowest BCUT2D eigenvalue weighted by molar-refractivity contribution is -0.120. The molecular formula is C28H21ClN2O3. The average Bonchev–Trinajstić information content (AvgIpc) is 3.10. The predicted octanol–water partition coefficient (Wildman–Crippen LogP) is 6.29. The van der Waals surface area contributed by atoms with Gasteiger partial charge in [-0.3, -0.25) is 9.59 Å². The Hall–Kier alpha value is -4.09. The number of imide groups is 1. The number of fused-ring (bicyclic) bond motifs is 1. The van der Waals surface area contributed by atoms with Gasteiger partial charge in [0.2, 0.25) is 0 Å². The van der Waals surface area contributed by atoms with Crippen LogP contribution >= 0.6 is 11.6 Å². The fraction of sp³-hybridized carbons (Fsp3) is 0.0714. The molecule has 0 saturated carbocycles. The molecule has 1 heterocycles. The molecule has 0 atom stereocenters. The SMILES string of the molecule is CCOc1ccc(N2C(=O)C(Nc3cccc4ccccc34)=C(c3ccc(Cl)cc3)C2=O)cc1. The van der Waals surface area contributed by atoms with E-state index in [0.29, 0.717) is 34.2 Å². The van der Waals surface area contributed by atoms with Gasteiger partial charge in [-0.15, -0.1) is 0 Å². The van der Waals surface area contributed by atoms with Crippen LogP contribution in [0.5, 0.6) is 5.75 Å². The normalized spacial score (nSPS) is 13.6. The Balaban J connectivity index is 1.61. The highest BCUT2D eigenvalue weighted by atomic mass is 35.5. The van der Waals surface area contributed by atoms with Crippen LogP contribution in [0.25, 0.3) is 16.3 Å². The highest BCUT2D eigenvalue weighted by Gasteiger charge is 2.40. The minimum Gasteiger partial charge on any atom is -0.494 e. The summed E-state index contributed by atoms with van der Waals surface area (Å²) in [5, 5.41) is 5.80. The van der Waals surface area contributed by atoms with Crippen molar-refractivity contribution in [2.75, 3.05) is 16.8 Å². The minimum atomic E-state index is -0.424. The third kappa shape index (κ3) is 3.91. The molecule has 5 nitrogen and oxygen atoms in total. The van der Waals surface area contributed by atoms with Crippen molar-refractivity contribution in [1.29, 1.82) is 0 Å². The smallest absolute Gasteiger partial charge is 0.282 e.